The first-order chi connectivity index (χ1) is 9.67. The van der Waals surface area contributed by atoms with Crippen LogP contribution in [0.3, 0.4) is 0 Å². The van der Waals surface area contributed by atoms with Crippen LogP contribution in [0.1, 0.15) is 29.3 Å². The van der Waals surface area contributed by atoms with Crippen LogP contribution in [0.25, 0.3) is 0 Å². The van der Waals surface area contributed by atoms with E-state index in [4.69, 9.17) is 5.73 Å². The lowest BCUT2D eigenvalue weighted by Crippen LogP contribution is -2.30. The Hall–Kier alpha value is -1.81. The zero-order valence-electron chi connectivity index (χ0n) is 12.3. The summed E-state index contributed by atoms with van der Waals surface area (Å²) in [5, 5.41) is 4.52. The van der Waals surface area contributed by atoms with Gasteiger partial charge in [0.05, 0.1) is 5.69 Å². The summed E-state index contributed by atoms with van der Waals surface area (Å²) >= 11 is 0. The molecule has 0 amide bonds. The summed E-state index contributed by atoms with van der Waals surface area (Å²) in [4.78, 5) is 2.47. The fraction of sp³-hybridized carbons (Fsp3) is 0.438. The van der Waals surface area contributed by atoms with Gasteiger partial charge >= 0.3 is 0 Å². The molecule has 4 heteroatoms. The normalized spacial score (nSPS) is 15.3. The second kappa shape index (κ2) is 5.29. The predicted molar refractivity (Wildman–Crippen MR) is 81.3 cm³/mol. The van der Waals surface area contributed by atoms with Gasteiger partial charge in [-0.1, -0.05) is 19.1 Å². The van der Waals surface area contributed by atoms with Gasteiger partial charge in [-0.05, 0) is 30.0 Å². The van der Waals surface area contributed by atoms with Gasteiger partial charge in [0.15, 0.2) is 0 Å². The lowest BCUT2D eigenvalue weighted by Gasteiger charge is -2.29. The van der Waals surface area contributed by atoms with E-state index < -0.39 is 0 Å². The molecule has 0 spiro atoms. The number of aryl methyl sites for hydroxylation is 2. The zero-order chi connectivity index (χ0) is 14.1. The number of nitrogens with two attached hydrogens (primary N) is 1. The Morgan fingerprint density at radius 3 is 3.00 bits per heavy atom. The minimum absolute atomic E-state index is 0.925. The van der Waals surface area contributed by atoms with Crippen LogP contribution in [-0.2, 0) is 33.0 Å². The maximum atomic E-state index is 6.11. The highest BCUT2D eigenvalue weighted by Gasteiger charge is 2.19. The monoisotopic (exact) mass is 270 g/mol. The summed E-state index contributed by atoms with van der Waals surface area (Å²) in [6, 6.07) is 6.26. The summed E-state index contributed by atoms with van der Waals surface area (Å²) < 4.78 is 1.92. The van der Waals surface area contributed by atoms with Crippen LogP contribution in [0.4, 0.5) is 5.69 Å². The molecule has 1 aromatic carbocycles. The van der Waals surface area contributed by atoms with Crippen molar-refractivity contribution in [3.05, 3.63) is 46.8 Å². The Balaban J connectivity index is 1.79. The molecule has 106 valence electrons. The molecule has 0 radical (unpaired) electrons. The second-order valence-electron chi connectivity index (χ2n) is 5.57. The molecule has 0 saturated carbocycles. The Morgan fingerprint density at radius 1 is 1.35 bits per heavy atom. The smallest absolute Gasteiger partial charge is 0.0666 e. The first-order valence-electron chi connectivity index (χ1n) is 7.27. The van der Waals surface area contributed by atoms with Crippen molar-refractivity contribution in [2.24, 2.45) is 7.05 Å². The van der Waals surface area contributed by atoms with E-state index in [1.54, 1.807) is 0 Å². The van der Waals surface area contributed by atoms with Crippen molar-refractivity contribution in [2.45, 2.75) is 32.9 Å². The molecular weight excluding hydrogens is 248 g/mol. The number of aromatic nitrogens is 2. The third-order valence-electron chi connectivity index (χ3n) is 4.11. The molecule has 2 aromatic rings. The van der Waals surface area contributed by atoms with E-state index in [0.717, 1.165) is 38.2 Å². The van der Waals surface area contributed by atoms with Crippen LogP contribution in [-0.4, -0.2) is 21.2 Å². The number of hydrogen-bond acceptors (Lipinski definition) is 3. The summed E-state index contributed by atoms with van der Waals surface area (Å²) in [6.07, 6.45) is 4.22. The Labute approximate surface area is 120 Å². The maximum absolute atomic E-state index is 6.11. The van der Waals surface area contributed by atoms with Crippen LogP contribution in [0.2, 0.25) is 0 Å². The van der Waals surface area contributed by atoms with E-state index in [9.17, 15) is 0 Å². The average molecular weight is 270 g/mol. The van der Waals surface area contributed by atoms with Crippen molar-refractivity contribution in [3.8, 4) is 0 Å². The number of benzene rings is 1. The van der Waals surface area contributed by atoms with Gasteiger partial charge in [-0.25, -0.2) is 0 Å². The van der Waals surface area contributed by atoms with E-state index in [-0.39, 0.29) is 0 Å². The third kappa shape index (κ3) is 2.43. The molecular formula is C16H22N4. The molecule has 0 aliphatic carbocycles. The first kappa shape index (κ1) is 13.2. The minimum atomic E-state index is 0.925. The number of nitrogen functional groups attached to an aromatic ring is 1. The molecule has 0 atom stereocenters. The molecule has 0 bridgehead atoms. The van der Waals surface area contributed by atoms with E-state index >= 15 is 0 Å². The van der Waals surface area contributed by atoms with E-state index in [2.05, 4.69) is 35.3 Å². The minimum Gasteiger partial charge on any atom is -0.398 e. The standard InChI is InChI=1S/C16H22N4/c1-3-16-13(9-19(2)18-16)10-20-8-7-12-5-4-6-15(17)14(12)11-20/h4-6,9H,3,7-8,10-11,17H2,1-2H3. The van der Waals surface area contributed by atoms with Crippen molar-refractivity contribution in [1.82, 2.24) is 14.7 Å². The van der Waals surface area contributed by atoms with Crippen molar-refractivity contribution < 1.29 is 0 Å². The molecule has 1 aromatic heterocycles. The van der Waals surface area contributed by atoms with Gasteiger partial charge < -0.3 is 5.73 Å². The maximum Gasteiger partial charge on any atom is 0.0666 e. The quantitative estimate of drug-likeness (QED) is 0.869. The van der Waals surface area contributed by atoms with Crippen molar-refractivity contribution in [2.75, 3.05) is 12.3 Å². The van der Waals surface area contributed by atoms with E-state index in [1.165, 1.54) is 22.4 Å². The second-order valence-corrected chi connectivity index (χ2v) is 5.57. The lowest BCUT2D eigenvalue weighted by atomic mass is 9.98. The van der Waals surface area contributed by atoms with E-state index in [1.807, 2.05) is 17.8 Å². The highest BCUT2D eigenvalue weighted by Crippen LogP contribution is 2.25. The van der Waals surface area contributed by atoms with Crippen LogP contribution >= 0.6 is 0 Å². The van der Waals surface area contributed by atoms with Crippen LogP contribution in [0.15, 0.2) is 24.4 Å². The molecule has 0 unspecified atom stereocenters. The number of anilines is 1. The summed E-state index contributed by atoms with van der Waals surface area (Å²) in [5.74, 6) is 0. The molecule has 1 aliphatic heterocycles. The fourth-order valence-corrected chi connectivity index (χ4v) is 3.05. The van der Waals surface area contributed by atoms with Gasteiger partial charge in [0.2, 0.25) is 0 Å². The lowest BCUT2D eigenvalue weighted by molar-refractivity contribution is 0.245. The van der Waals surface area contributed by atoms with Gasteiger partial charge in [0.1, 0.15) is 0 Å². The van der Waals surface area contributed by atoms with Crippen molar-refractivity contribution in [3.63, 3.8) is 0 Å². The highest BCUT2D eigenvalue weighted by molar-refractivity contribution is 5.51. The van der Waals surface area contributed by atoms with Gasteiger partial charge in [-0.2, -0.15) is 5.10 Å². The molecule has 0 saturated heterocycles. The van der Waals surface area contributed by atoms with Gasteiger partial charge in [-0.15, -0.1) is 0 Å². The highest BCUT2D eigenvalue weighted by atomic mass is 15.3. The number of rotatable bonds is 3. The number of fused-ring (bicyclic) bond motifs is 1. The Morgan fingerprint density at radius 2 is 2.20 bits per heavy atom. The molecule has 20 heavy (non-hydrogen) atoms. The van der Waals surface area contributed by atoms with Crippen molar-refractivity contribution >= 4 is 5.69 Å². The zero-order valence-corrected chi connectivity index (χ0v) is 12.3. The average Bonchev–Trinajstić information content (AvgIpc) is 2.80. The molecule has 2 N–H and O–H groups in total. The Bertz CT molecular complexity index is 615. The molecule has 2 heterocycles. The van der Waals surface area contributed by atoms with Crippen LogP contribution in [0, 0.1) is 0 Å². The summed E-state index contributed by atoms with van der Waals surface area (Å²) in [7, 11) is 1.99. The van der Waals surface area contributed by atoms with Gasteiger partial charge in [0, 0.05) is 44.1 Å². The topological polar surface area (TPSA) is 47.1 Å². The molecule has 1 aliphatic rings. The number of hydrogen-bond donors (Lipinski definition) is 1. The van der Waals surface area contributed by atoms with Gasteiger partial charge in [0.25, 0.3) is 0 Å². The Kier molecular flexibility index (Phi) is 3.49. The van der Waals surface area contributed by atoms with E-state index in [0.29, 0.717) is 0 Å². The molecule has 0 fully saturated rings. The third-order valence-corrected chi connectivity index (χ3v) is 4.11. The SMILES string of the molecule is CCc1nn(C)cc1CN1CCc2cccc(N)c2C1. The first-order valence-corrected chi connectivity index (χ1v) is 7.27. The summed E-state index contributed by atoms with van der Waals surface area (Å²) in [5.41, 5.74) is 12.3. The molecule has 3 rings (SSSR count). The largest absolute Gasteiger partial charge is 0.398 e. The van der Waals surface area contributed by atoms with Crippen LogP contribution < -0.4 is 5.73 Å². The summed E-state index contributed by atoms with van der Waals surface area (Å²) in [6.45, 7) is 5.16. The fourth-order valence-electron chi connectivity index (χ4n) is 3.05. The van der Waals surface area contributed by atoms with Crippen LogP contribution in [0.5, 0.6) is 0 Å². The molecule has 4 nitrogen and oxygen atoms in total. The number of nitrogens with zero attached hydrogens (tertiary/aromatic N) is 3. The van der Waals surface area contributed by atoms with Crippen molar-refractivity contribution in [1.29, 1.82) is 0 Å². The van der Waals surface area contributed by atoms with Gasteiger partial charge in [-0.3, -0.25) is 9.58 Å². The predicted octanol–water partition coefficient (Wildman–Crippen LogP) is 2.12.